The number of fused-ring (bicyclic) bond motifs is 12. The average Bonchev–Trinajstić information content (AvgIpc) is 1.49. The first-order valence-corrected chi connectivity index (χ1v) is 47.2. The van der Waals surface area contributed by atoms with Crippen molar-refractivity contribution in [2.45, 2.75) is 158 Å². The van der Waals surface area contributed by atoms with Crippen molar-refractivity contribution in [3.63, 3.8) is 0 Å². The molecule has 4 aliphatic carbocycles. The van der Waals surface area contributed by atoms with Gasteiger partial charge in [-0.1, -0.05) is 357 Å². The molecule has 0 N–H and O–H groups in total. The van der Waals surface area contributed by atoms with Gasteiger partial charge in [-0.2, -0.15) is 0 Å². The van der Waals surface area contributed by atoms with Gasteiger partial charge in [-0.05, 0) is 185 Å². The van der Waals surface area contributed by atoms with E-state index in [-0.39, 0.29) is 21.3 Å². The molecule has 21 rings (SSSR count). The smallest absolute Gasteiger partial charge is 0.128 e. The van der Waals surface area contributed by atoms with Crippen LogP contribution in [0.1, 0.15) is 141 Å². The maximum Gasteiger partial charge on any atom is 0.128 e. The predicted octanol–water partition coefficient (Wildman–Crippen LogP) is 31.0. The monoisotopic (exact) mass is 1680 g/mol. The van der Waals surface area contributed by atoms with Crippen LogP contribution in [0.3, 0.4) is 0 Å². The Morgan fingerprint density at radius 3 is 1.02 bits per heavy atom. The fourth-order valence-electron chi connectivity index (χ4n) is 20.9. The second kappa shape index (κ2) is 37.9. The molecule has 0 bridgehead atoms. The summed E-state index contributed by atoms with van der Waals surface area (Å²) in [5.74, 6) is 3.65. The van der Waals surface area contributed by atoms with Gasteiger partial charge in [-0.15, -0.1) is 0 Å². The van der Waals surface area contributed by atoms with Crippen molar-refractivity contribution in [2.24, 2.45) is 0 Å². The Bertz CT molecular complexity index is 6030. The number of hydrogen-bond acceptors (Lipinski definition) is 4. The van der Waals surface area contributed by atoms with Crippen LogP contribution in [-0.2, 0) is 11.8 Å². The topological polar surface area (TPSA) is 51.7 Å². The largest absolute Gasteiger partial charge is 0.497 e. The fourth-order valence-corrected chi connectivity index (χ4v) is 31.1. The van der Waals surface area contributed by atoms with E-state index in [9.17, 15) is 0 Å². The molecule has 0 amide bonds. The lowest BCUT2D eigenvalue weighted by Gasteiger charge is -2.48. The van der Waals surface area contributed by atoms with Crippen molar-refractivity contribution in [1.82, 2.24) is 13.7 Å². The van der Waals surface area contributed by atoms with Gasteiger partial charge in [0.1, 0.15) is 23.0 Å². The fraction of sp³-hybridized carbons (Fsp3) is 0.257. The summed E-state index contributed by atoms with van der Waals surface area (Å²) in [5.41, 5.74) is 21.6. The van der Waals surface area contributed by atoms with Crippen molar-refractivity contribution in [2.75, 3.05) is 28.4 Å². The molecule has 3 saturated carbocycles. The third-order valence-corrected chi connectivity index (χ3v) is 33.5. The second-order valence-corrected chi connectivity index (χ2v) is 42.7. The molecule has 0 spiro atoms. The van der Waals surface area contributed by atoms with Crippen LogP contribution in [0.25, 0.3) is 93.6 Å². The van der Waals surface area contributed by atoms with Crippen LogP contribution < -0.4 is 24.3 Å². The third kappa shape index (κ3) is 17.8. The lowest BCUT2D eigenvalue weighted by atomic mass is 9.86. The highest BCUT2D eigenvalue weighted by molar-refractivity contribution is 7.67. The van der Waals surface area contributed by atoms with Crippen LogP contribution in [0.2, 0.25) is 5.02 Å². The SMILES string of the molecule is CC(C)(C)P(C(C)(C)C)C1(C)CC1(c1ccccc1)c1ccccc1.COc1cccc(-n2c3ccccc3c3ccccc32)c1.COc1cccc(-n2c3ccccc3c3ccccc32)c1.COc1cccc(-n2c3ccccc3c3ccccc32)c1P(C1CCCCC1)C1CCCCC1.COc1cccc(Cl)c1.c1ccc2c(c1)Cc1ccccc1-2. The van der Waals surface area contributed by atoms with Crippen molar-refractivity contribution in [1.29, 1.82) is 0 Å². The molecule has 3 heterocycles. The molecular formula is C113H116ClN3O4P2. The van der Waals surface area contributed by atoms with Crippen LogP contribution >= 0.6 is 27.4 Å². The first-order valence-electron chi connectivity index (χ1n) is 44.0. The summed E-state index contributed by atoms with van der Waals surface area (Å²) in [4.78, 5) is 0. The number of para-hydroxylation sites is 6. The van der Waals surface area contributed by atoms with E-state index in [1.165, 1.54) is 180 Å². The first-order chi connectivity index (χ1) is 59.9. The second-order valence-electron chi connectivity index (χ2n) is 35.2. The molecular weight excluding hydrogens is 1560 g/mol. The number of halogens is 1. The molecule has 0 saturated heterocycles. The molecule has 10 heteroatoms. The van der Waals surface area contributed by atoms with E-state index in [2.05, 4.69) is 359 Å². The number of benzene rings is 14. The van der Waals surface area contributed by atoms with Gasteiger partial charge in [0, 0.05) is 76.7 Å². The lowest BCUT2D eigenvalue weighted by Crippen LogP contribution is -2.35. The van der Waals surface area contributed by atoms with E-state index in [1.807, 2.05) is 49.6 Å². The van der Waals surface area contributed by atoms with E-state index in [0.717, 1.165) is 52.1 Å². The zero-order valence-electron chi connectivity index (χ0n) is 73.3. The maximum atomic E-state index is 6.17. The zero-order chi connectivity index (χ0) is 85.2. The quantitative estimate of drug-likeness (QED) is 0.108. The summed E-state index contributed by atoms with van der Waals surface area (Å²) in [6.45, 7) is 17.3. The highest BCUT2D eigenvalue weighted by Gasteiger charge is 2.72. The number of rotatable bonds is 13. The molecule has 1 atom stereocenters. The molecule has 14 aromatic carbocycles. The molecule has 17 aromatic rings. The number of ether oxygens (including phenoxy) is 4. The van der Waals surface area contributed by atoms with Gasteiger partial charge in [-0.3, -0.25) is 0 Å². The molecule has 4 aliphatic rings. The van der Waals surface area contributed by atoms with E-state index >= 15 is 0 Å². The van der Waals surface area contributed by atoms with Gasteiger partial charge in [0.15, 0.2) is 0 Å². The summed E-state index contributed by atoms with van der Waals surface area (Å²) in [7, 11) is 6.39. The Morgan fingerprint density at radius 1 is 0.333 bits per heavy atom. The highest BCUT2D eigenvalue weighted by Crippen LogP contribution is 2.83. The molecule has 123 heavy (non-hydrogen) atoms. The average molecular weight is 1680 g/mol. The Labute approximate surface area is 736 Å². The van der Waals surface area contributed by atoms with E-state index < -0.39 is 0 Å². The summed E-state index contributed by atoms with van der Waals surface area (Å²) in [5, 5.41) is 11.0. The molecule has 1 unspecified atom stereocenters. The van der Waals surface area contributed by atoms with E-state index in [1.54, 1.807) is 27.4 Å². The van der Waals surface area contributed by atoms with Crippen molar-refractivity contribution in [3.05, 3.63) is 373 Å². The zero-order valence-corrected chi connectivity index (χ0v) is 75.8. The Kier molecular flexibility index (Phi) is 26.3. The minimum atomic E-state index is -0.301. The Morgan fingerprint density at radius 2 is 0.667 bits per heavy atom. The van der Waals surface area contributed by atoms with Crippen LogP contribution in [0, 0.1) is 0 Å². The summed E-state index contributed by atoms with van der Waals surface area (Å²) < 4.78 is 28.9. The number of aromatic nitrogens is 3. The van der Waals surface area contributed by atoms with Gasteiger partial charge >= 0.3 is 0 Å². The molecule has 3 aromatic heterocycles. The Balaban J connectivity index is 0.000000114. The van der Waals surface area contributed by atoms with Gasteiger partial charge < -0.3 is 32.6 Å². The van der Waals surface area contributed by atoms with Gasteiger partial charge in [0.2, 0.25) is 0 Å². The predicted molar refractivity (Wildman–Crippen MR) is 528 cm³/mol. The van der Waals surface area contributed by atoms with Gasteiger partial charge in [0.25, 0.3) is 0 Å². The number of nitrogens with zero attached hydrogens (tertiary/aromatic N) is 3. The maximum absolute atomic E-state index is 6.17. The van der Waals surface area contributed by atoms with Gasteiger partial charge in [-0.25, -0.2) is 0 Å². The summed E-state index contributed by atoms with van der Waals surface area (Å²) in [6.07, 6.45) is 16.4. The first kappa shape index (κ1) is 85.4. The molecule has 0 aliphatic heterocycles. The molecule has 7 nitrogen and oxygen atoms in total. The standard InChI is InChI=1S/C31H36NOP.C24H33P.2C19H15NO.C13H10.C7H7ClO/c1-33-30-22-12-21-29(32-27-19-10-8-17-25(27)26-18-9-11-20-28(26)32)31(30)34(23-13-4-2-5-14-23)24-15-6-3-7-16-24;1-21(2,3)25(22(4,5)6)23(7)18-24(23,19-14-10-8-11-15-19)20-16-12-9-13-17-20;2*1-21-15-8-6-7-14(13-15)20-18-11-4-2-9-16(18)17-10-3-5-12-19(17)20;1-3-7-12-10(5-1)9-11-6-2-4-8-13(11)12;1-9-7-4-2-3-6(8)5-7/h8-12,17-24H,2-7,13-16H2,1H3;8-17H,18H2,1-7H3;2*2-13H,1H3;1-8H,9H2;2-5H,1H3. The number of hydrogen-bond donors (Lipinski definition) is 0. The van der Waals surface area contributed by atoms with E-state index in [4.69, 9.17) is 30.5 Å². The van der Waals surface area contributed by atoms with Crippen LogP contribution in [0.15, 0.2) is 346 Å². The minimum Gasteiger partial charge on any atom is -0.497 e. The van der Waals surface area contributed by atoms with Crippen molar-refractivity contribution >= 4 is 98.2 Å². The van der Waals surface area contributed by atoms with Crippen LogP contribution in [-0.4, -0.2) is 68.9 Å². The Hall–Kier alpha value is -11.2. The van der Waals surface area contributed by atoms with E-state index in [0.29, 0.717) is 20.5 Å². The van der Waals surface area contributed by atoms with Gasteiger partial charge in [0.05, 0.1) is 67.2 Å². The van der Waals surface area contributed by atoms with Crippen molar-refractivity contribution in [3.8, 4) is 51.2 Å². The molecule has 0 radical (unpaired) electrons. The molecule has 624 valence electrons. The minimum absolute atomic E-state index is 0.155. The number of methoxy groups -OCH3 is 4. The third-order valence-electron chi connectivity index (χ3n) is 25.5. The highest BCUT2D eigenvalue weighted by atomic mass is 35.5. The molecule has 3 fully saturated rings. The van der Waals surface area contributed by atoms with Crippen LogP contribution in [0.5, 0.6) is 23.0 Å². The lowest BCUT2D eigenvalue weighted by molar-refractivity contribution is 0.414. The normalized spacial score (nSPS) is 15.4. The van der Waals surface area contributed by atoms with Crippen molar-refractivity contribution < 1.29 is 18.9 Å². The summed E-state index contributed by atoms with van der Waals surface area (Å²) >= 11 is 5.64. The van der Waals surface area contributed by atoms with Crippen LogP contribution in [0.4, 0.5) is 0 Å². The summed E-state index contributed by atoms with van der Waals surface area (Å²) in [6, 6.07) is 122.